The van der Waals surface area contributed by atoms with Gasteiger partial charge in [0, 0.05) is 25.7 Å². The first-order valence-electron chi connectivity index (χ1n) is 7.56. The summed E-state index contributed by atoms with van der Waals surface area (Å²) in [7, 11) is 0. The Morgan fingerprint density at radius 1 is 0.696 bits per heavy atom. The smallest absolute Gasteiger partial charge is 0.121 e. The van der Waals surface area contributed by atoms with E-state index < -0.39 is 0 Å². The van der Waals surface area contributed by atoms with Gasteiger partial charge >= 0.3 is 0 Å². The highest BCUT2D eigenvalue weighted by atomic mass is 32.2. The van der Waals surface area contributed by atoms with Gasteiger partial charge in [-0.25, -0.2) is 0 Å². The molecular formula is C20H22O2S. The van der Waals surface area contributed by atoms with Crippen LogP contribution < -0.4 is 0 Å². The molecule has 3 heteroatoms. The summed E-state index contributed by atoms with van der Waals surface area (Å²) in [5, 5.41) is 0. The molecule has 23 heavy (non-hydrogen) atoms. The fraction of sp³-hybridized carbons (Fsp3) is 0.200. The monoisotopic (exact) mass is 326 g/mol. The average Bonchev–Trinajstić information content (AvgIpc) is 3.06. The van der Waals surface area contributed by atoms with Crippen LogP contribution in [0.1, 0.15) is 23.0 Å². The number of hydrogen-bond acceptors (Lipinski definition) is 3. The number of hydrogen-bond donors (Lipinski definition) is 0. The minimum atomic E-state index is 0.702. The molecule has 0 atom stereocenters. The van der Waals surface area contributed by atoms with Crippen LogP contribution in [0.2, 0.25) is 0 Å². The van der Waals surface area contributed by atoms with Crippen LogP contribution in [0.5, 0.6) is 0 Å². The molecule has 0 radical (unpaired) electrons. The third kappa shape index (κ3) is 4.42. The molecule has 0 spiro atoms. The van der Waals surface area contributed by atoms with Crippen molar-refractivity contribution >= 4 is 11.8 Å². The van der Waals surface area contributed by atoms with Gasteiger partial charge in [0.25, 0.3) is 0 Å². The molecule has 0 saturated carbocycles. The summed E-state index contributed by atoms with van der Waals surface area (Å²) in [5.74, 6) is 3.69. The molecule has 0 aliphatic heterocycles. The molecule has 0 aliphatic rings. The van der Waals surface area contributed by atoms with Gasteiger partial charge < -0.3 is 8.83 Å². The highest BCUT2D eigenvalue weighted by Gasteiger charge is 2.16. The first kappa shape index (κ1) is 17.2. The molecule has 0 aliphatic carbocycles. The van der Waals surface area contributed by atoms with Gasteiger partial charge in [-0.1, -0.05) is 36.1 Å². The molecule has 0 bridgehead atoms. The van der Waals surface area contributed by atoms with Crippen molar-refractivity contribution in [2.75, 3.05) is 0 Å². The molecular weight excluding hydrogens is 304 g/mol. The number of allylic oxidation sites excluding steroid dienone is 4. The van der Waals surface area contributed by atoms with Crippen LogP contribution >= 0.6 is 11.8 Å². The van der Waals surface area contributed by atoms with E-state index in [1.54, 1.807) is 11.8 Å². The second kappa shape index (κ2) is 8.49. The van der Waals surface area contributed by atoms with Gasteiger partial charge in [-0.2, -0.15) is 0 Å². The Morgan fingerprint density at radius 3 is 1.43 bits per heavy atom. The van der Waals surface area contributed by atoms with Crippen molar-refractivity contribution < 1.29 is 8.83 Å². The van der Waals surface area contributed by atoms with E-state index in [1.165, 1.54) is 0 Å². The average molecular weight is 326 g/mol. The summed E-state index contributed by atoms with van der Waals surface area (Å²) >= 11 is 1.66. The highest BCUT2D eigenvalue weighted by molar-refractivity contribution is 7.99. The maximum absolute atomic E-state index is 5.89. The number of furan rings is 2. The van der Waals surface area contributed by atoms with E-state index in [0.29, 0.717) is 12.8 Å². The molecule has 2 rings (SSSR count). The molecule has 0 fully saturated rings. The maximum Gasteiger partial charge on any atom is 0.121 e. The van der Waals surface area contributed by atoms with Crippen molar-refractivity contribution in [3.8, 4) is 0 Å². The first-order valence-corrected chi connectivity index (χ1v) is 8.38. The van der Waals surface area contributed by atoms with Crippen LogP contribution in [-0.4, -0.2) is 0 Å². The fourth-order valence-electron chi connectivity index (χ4n) is 2.25. The molecule has 120 valence electrons. The Morgan fingerprint density at radius 2 is 1.09 bits per heavy atom. The molecule has 2 nitrogen and oxygen atoms in total. The van der Waals surface area contributed by atoms with E-state index in [-0.39, 0.29) is 0 Å². The largest absolute Gasteiger partial charge is 0.464 e. The Bertz CT molecular complexity index is 643. The molecule has 0 unspecified atom stereocenters. The Kier molecular flexibility index (Phi) is 6.36. The summed E-state index contributed by atoms with van der Waals surface area (Å²) in [5.41, 5.74) is 0. The van der Waals surface area contributed by atoms with Crippen molar-refractivity contribution in [3.63, 3.8) is 0 Å². The first-order chi connectivity index (χ1) is 11.2. The summed E-state index contributed by atoms with van der Waals surface area (Å²) in [6.45, 7) is 15.1. The fourth-order valence-corrected chi connectivity index (χ4v) is 3.35. The van der Waals surface area contributed by atoms with Crippen LogP contribution in [-0.2, 0) is 25.7 Å². The van der Waals surface area contributed by atoms with E-state index in [2.05, 4.69) is 38.4 Å². The van der Waals surface area contributed by atoms with Crippen LogP contribution in [0, 0.1) is 0 Å². The van der Waals surface area contributed by atoms with E-state index >= 15 is 0 Å². The van der Waals surface area contributed by atoms with Gasteiger partial charge in [-0.3, -0.25) is 0 Å². The summed E-state index contributed by atoms with van der Waals surface area (Å²) in [4.78, 5) is 2.19. The predicted octanol–water partition coefficient (Wildman–Crippen LogP) is 5.94. The minimum Gasteiger partial charge on any atom is -0.464 e. The topological polar surface area (TPSA) is 26.3 Å². The maximum atomic E-state index is 5.89. The van der Waals surface area contributed by atoms with Crippen LogP contribution in [0.3, 0.4) is 0 Å². The van der Waals surface area contributed by atoms with E-state index in [1.807, 2.05) is 24.3 Å². The van der Waals surface area contributed by atoms with Crippen molar-refractivity contribution in [3.05, 3.63) is 85.8 Å². The Balaban J connectivity index is 2.32. The normalized spacial score (nSPS) is 10.4. The zero-order chi connectivity index (χ0) is 16.7. The van der Waals surface area contributed by atoms with Crippen LogP contribution in [0.25, 0.3) is 0 Å². The van der Waals surface area contributed by atoms with Gasteiger partial charge in [0.15, 0.2) is 0 Å². The van der Waals surface area contributed by atoms with Crippen molar-refractivity contribution in [2.24, 2.45) is 0 Å². The quantitative estimate of drug-likeness (QED) is 0.506. The molecule has 0 N–H and O–H groups in total. The summed E-state index contributed by atoms with van der Waals surface area (Å²) in [6.07, 6.45) is 10.2. The van der Waals surface area contributed by atoms with Crippen LogP contribution in [0.4, 0.5) is 0 Å². The zero-order valence-electron chi connectivity index (χ0n) is 13.3. The lowest BCUT2D eigenvalue weighted by Gasteiger charge is -2.00. The number of rotatable bonds is 10. The van der Waals surface area contributed by atoms with Crippen LogP contribution in [0.15, 0.2) is 81.4 Å². The molecule has 0 amide bonds. The van der Waals surface area contributed by atoms with E-state index in [0.717, 1.165) is 45.7 Å². The summed E-state index contributed by atoms with van der Waals surface area (Å²) < 4.78 is 11.8. The predicted molar refractivity (Wildman–Crippen MR) is 97.1 cm³/mol. The third-order valence-corrected chi connectivity index (χ3v) is 4.34. The van der Waals surface area contributed by atoms with Gasteiger partial charge in [0.1, 0.15) is 23.0 Å². The van der Waals surface area contributed by atoms with E-state index in [9.17, 15) is 0 Å². The second-order valence-corrected chi connectivity index (χ2v) is 6.16. The second-order valence-electron chi connectivity index (χ2n) is 5.07. The molecule has 2 heterocycles. The minimum absolute atomic E-state index is 0.702. The van der Waals surface area contributed by atoms with Crippen molar-refractivity contribution in [1.29, 1.82) is 0 Å². The zero-order valence-corrected chi connectivity index (χ0v) is 14.2. The van der Waals surface area contributed by atoms with Gasteiger partial charge in [-0.05, 0) is 12.1 Å². The van der Waals surface area contributed by atoms with Gasteiger partial charge in [0.05, 0.1) is 9.79 Å². The molecule has 2 aromatic heterocycles. The van der Waals surface area contributed by atoms with Gasteiger partial charge in [0.2, 0.25) is 0 Å². The molecule has 0 aromatic carbocycles. The molecule has 0 saturated heterocycles. The standard InChI is InChI=1S/C20H22O2S/c1-5-9-15-13-19(17(21-15)11-7-3)23-20-14-16(10-6-2)22-18(20)12-8-4/h5-8,13-14H,1-4,9-12H2. The third-order valence-electron chi connectivity index (χ3n) is 3.21. The SMILES string of the molecule is C=CCc1cc(Sc2cc(CC=C)oc2CC=C)c(CC=C)o1. The van der Waals surface area contributed by atoms with E-state index in [4.69, 9.17) is 8.83 Å². The Labute approximate surface area is 142 Å². The summed E-state index contributed by atoms with van der Waals surface area (Å²) in [6, 6.07) is 4.14. The Hall–Kier alpha value is -2.13. The lowest BCUT2D eigenvalue weighted by atomic mass is 10.3. The highest BCUT2D eigenvalue weighted by Crippen LogP contribution is 2.37. The van der Waals surface area contributed by atoms with Crippen molar-refractivity contribution in [1.82, 2.24) is 0 Å². The lowest BCUT2D eigenvalue weighted by molar-refractivity contribution is 0.478. The lowest BCUT2D eigenvalue weighted by Crippen LogP contribution is -1.82. The van der Waals surface area contributed by atoms with Crippen molar-refractivity contribution in [2.45, 2.75) is 35.5 Å². The van der Waals surface area contributed by atoms with Gasteiger partial charge in [-0.15, -0.1) is 26.3 Å². The molecule has 2 aromatic rings.